The maximum Gasteiger partial charge on any atom is 0.0743 e. The molecular weight excluding hydrogens is 218 g/mol. The Bertz CT molecular complexity index is 342. The summed E-state index contributed by atoms with van der Waals surface area (Å²) < 4.78 is 0. The summed E-state index contributed by atoms with van der Waals surface area (Å²) in [4.78, 5) is 0. The average Bonchev–Trinajstić information content (AvgIpc) is 2.73. The second-order valence-corrected chi connectivity index (χ2v) is 5.50. The van der Waals surface area contributed by atoms with E-state index >= 15 is 0 Å². The highest BCUT2D eigenvalue weighted by atomic mass is 32.2. The first kappa shape index (κ1) is 12.0. The first-order valence-corrected chi connectivity index (χ1v) is 7.05. The van der Waals surface area contributed by atoms with Crippen molar-refractivity contribution in [2.24, 2.45) is 0 Å². The van der Waals surface area contributed by atoms with Gasteiger partial charge in [0.25, 0.3) is 0 Å². The molecule has 0 saturated carbocycles. The van der Waals surface area contributed by atoms with Crippen LogP contribution in [0, 0.1) is 0 Å². The summed E-state index contributed by atoms with van der Waals surface area (Å²) >= 11 is 1.89. The lowest BCUT2D eigenvalue weighted by Gasteiger charge is -2.19. The molecule has 0 spiro atoms. The lowest BCUT2D eigenvalue weighted by Crippen LogP contribution is -2.27. The van der Waals surface area contributed by atoms with Gasteiger partial charge in [-0.1, -0.05) is 31.2 Å². The van der Waals surface area contributed by atoms with E-state index in [2.05, 4.69) is 30.4 Å². The van der Waals surface area contributed by atoms with Crippen molar-refractivity contribution in [2.45, 2.75) is 32.0 Å². The van der Waals surface area contributed by atoms with Gasteiger partial charge in [-0.3, -0.25) is 0 Å². The van der Waals surface area contributed by atoms with Crippen molar-refractivity contribution in [2.75, 3.05) is 11.5 Å². The highest BCUT2D eigenvalue weighted by molar-refractivity contribution is 7.99. The van der Waals surface area contributed by atoms with E-state index in [4.69, 9.17) is 0 Å². The fraction of sp³-hybridized carbons (Fsp3) is 0.538. The van der Waals surface area contributed by atoms with Crippen molar-refractivity contribution in [3.8, 4) is 0 Å². The van der Waals surface area contributed by atoms with Crippen LogP contribution in [-0.2, 0) is 6.54 Å². The Morgan fingerprint density at radius 1 is 1.50 bits per heavy atom. The summed E-state index contributed by atoms with van der Waals surface area (Å²) in [5.74, 6) is 2.17. The highest BCUT2D eigenvalue weighted by Crippen LogP contribution is 2.29. The molecule has 88 valence electrons. The molecule has 2 nitrogen and oxygen atoms in total. The number of benzene rings is 1. The van der Waals surface area contributed by atoms with E-state index in [0.717, 1.165) is 24.5 Å². The molecule has 3 heteroatoms. The van der Waals surface area contributed by atoms with Gasteiger partial charge >= 0.3 is 0 Å². The summed E-state index contributed by atoms with van der Waals surface area (Å²) in [6, 6.07) is 8.49. The molecule has 0 fully saturated rings. The minimum atomic E-state index is -0.261. The van der Waals surface area contributed by atoms with Crippen LogP contribution >= 0.6 is 11.8 Å². The fourth-order valence-electron chi connectivity index (χ4n) is 2.19. The third kappa shape index (κ3) is 2.59. The molecule has 2 N–H and O–H groups in total. The molecular formula is C13H19NOS. The van der Waals surface area contributed by atoms with Crippen LogP contribution < -0.4 is 5.32 Å². The van der Waals surface area contributed by atoms with Gasteiger partial charge in [0.05, 0.1) is 12.1 Å². The molecule has 2 rings (SSSR count). The smallest absolute Gasteiger partial charge is 0.0743 e. The predicted octanol–water partition coefficient (Wildman–Crippen LogP) is 2.33. The number of aliphatic hydroxyl groups excluding tert-OH is 1. The second kappa shape index (κ2) is 5.71. The van der Waals surface area contributed by atoms with Crippen molar-refractivity contribution >= 4 is 11.8 Å². The van der Waals surface area contributed by atoms with E-state index in [1.54, 1.807) is 0 Å². The van der Waals surface area contributed by atoms with Crippen molar-refractivity contribution in [3.05, 3.63) is 35.4 Å². The molecule has 1 aliphatic rings. The van der Waals surface area contributed by atoms with E-state index in [-0.39, 0.29) is 12.1 Å². The largest absolute Gasteiger partial charge is 0.391 e. The quantitative estimate of drug-likeness (QED) is 0.771. The maximum atomic E-state index is 10.1. The first-order chi connectivity index (χ1) is 7.83. The number of aliphatic hydroxyl groups is 1. The molecule has 1 aromatic carbocycles. The van der Waals surface area contributed by atoms with Crippen LogP contribution in [0.3, 0.4) is 0 Å². The summed E-state index contributed by atoms with van der Waals surface area (Å²) in [5, 5.41) is 13.5. The van der Waals surface area contributed by atoms with E-state index in [1.165, 1.54) is 11.1 Å². The van der Waals surface area contributed by atoms with Crippen LogP contribution in [0.15, 0.2) is 24.3 Å². The van der Waals surface area contributed by atoms with Gasteiger partial charge in [0.1, 0.15) is 0 Å². The second-order valence-electron chi connectivity index (χ2n) is 4.11. The number of hydrogen-bond donors (Lipinski definition) is 2. The van der Waals surface area contributed by atoms with Gasteiger partial charge in [-0.2, -0.15) is 11.8 Å². The van der Waals surface area contributed by atoms with Gasteiger partial charge in [-0.05, 0) is 29.1 Å². The Kier molecular flexibility index (Phi) is 4.27. The summed E-state index contributed by atoms with van der Waals surface area (Å²) in [5.41, 5.74) is 2.60. The molecule has 16 heavy (non-hydrogen) atoms. The topological polar surface area (TPSA) is 32.3 Å². The van der Waals surface area contributed by atoms with Crippen LogP contribution in [0.25, 0.3) is 0 Å². The summed E-state index contributed by atoms with van der Waals surface area (Å²) in [7, 11) is 0. The molecule has 0 aliphatic carbocycles. The van der Waals surface area contributed by atoms with Crippen molar-refractivity contribution in [3.63, 3.8) is 0 Å². The van der Waals surface area contributed by atoms with E-state index in [1.807, 2.05) is 17.8 Å². The van der Waals surface area contributed by atoms with E-state index in [0.29, 0.717) is 0 Å². The van der Waals surface area contributed by atoms with Gasteiger partial charge in [0.15, 0.2) is 0 Å². The Hall–Kier alpha value is -0.510. The molecule has 0 saturated heterocycles. The van der Waals surface area contributed by atoms with Gasteiger partial charge in [0, 0.05) is 6.54 Å². The Morgan fingerprint density at radius 2 is 2.31 bits per heavy atom. The number of rotatable bonds is 5. The first-order valence-electron chi connectivity index (χ1n) is 5.90. The molecule has 0 amide bonds. The van der Waals surface area contributed by atoms with Gasteiger partial charge in [-0.15, -0.1) is 0 Å². The number of hydrogen-bond acceptors (Lipinski definition) is 3. The Morgan fingerprint density at radius 3 is 3.12 bits per heavy atom. The molecule has 0 aromatic heterocycles. The number of nitrogens with one attached hydrogen (secondary N) is 1. The molecule has 1 aliphatic heterocycles. The maximum absolute atomic E-state index is 10.1. The third-order valence-electron chi connectivity index (χ3n) is 3.05. The minimum absolute atomic E-state index is 0.133. The molecule has 1 aromatic rings. The standard InChI is InChI=1S/C13H19NOS/c1-2-16-8-7-12(15)13-11-6-4-3-5-10(11)9-14-13/h3-6,12-15H,2,7-9H2,1H3. The molecule has 2 unspecified atom stereocenters. The monoisotopic (exact) mass is 237 g/mol. The lowest BCUT2D eigenvalue weighted by molar-refractivity contribution is 0.129. The van der Waals surface area contributed by atoms with Crippen LogP contribution in [-0.4, -0.2) is 22.7 Å². The van der Waals surface area contributed by atoms with Crippen molar-refractivity contribution in [1.82, 2.24) is 5.32 Å². The third-order valence-corrected chi connectivity index (χ3v) is 3.98. The Labute approximate surface area is 101 Å². The molecule has 0 radical (unpaired) electrons. The number of fused-ring (bicyclic) bond motifs is 1. The molecule has 2 atom stereocenters. The zero-order valence-corrected chi connectivity index (χ0v) is 10.5. The Balaban J connectivity index is 1.96. The minimum Gasteiger partial charge on any atom is -0.391 e. The zero-order valence-electron chi connectivity index (χ0n) is 9.65. The van der Waals surface area contributed by atoms with Crippen LogP contribution in [0.4, 0.5) is 0 Å². The predicted molar refractivity (Wildman–Crippen MR) is 69.6 cm³/mol. The average molecular weight is 237 g/mol. The van der Waals surface area contributed by atoms with Crippen LogP contribution in [0.1, 0.15) is 30.5 Å². The van der Waals surface area contributed by atoms with Gasteiger partial charge < -0.3 is 10.4 Å². The fourth-order valence-corrected chi connectivity index (χ4v) is 2.88. The normalized spacial score (nSPS) is 20.8. The van der Waals surface area contributed by atoms with Crippen molar-refractivity contribution < 1.29 is 5.11 Å². The highest BCUT2D eigenvalue weighted by Gasteiger charge is 2.27. The summed E-state index contributed by atoms with van der Waals surface area (Å²) in [6.45, 7) is 3.04. The van der Waals surface area contributed by atoms with Crippen molar-refractivity contribution in [1.29, 1.82) is 0 Å². The van der Waals surface area contributed by atoms with E-state index < -0.39 is 0 Å². The van der Waals surface area contributed by atoms with E-state index in [9.17, 15) is 5.11 Å². The molecule has 1 heterocycles. The zero-order chi connectivity index (χ0) is 11.4. The molecule has 0 bridgehead atoms. The van der Waals surface area contributed by atoms with Gasteiger partial charge in [0.2, 0.25) is 0 Å². The number of thioether (sulfide) groups is 1. The lowest BCUT2D eigenvalue weighted by atomic mass is 9.99. The SMILES string of the molecule is CCSCCC(O)C1NCc2ccccc21. The van der Waals surface area contributed by atoms with Crippen LogP contribution in [0.5, 0.6) is 0 Å². The van der Waals surface area contributed by atoms with Crippen LogP contribution in [0.2, 0.25) is 0 Å². The van der Waals surface area contributed by atoms with Gasteiger partial charge in [-0.25, -0.2) is 0 Å². The summed E-state index contributed by atoms with van der Waals surface area (Å²) in [6.07, 6.45) is 0.604.